The number of hydrogen-bond acceptors (Lipinski definition) is 4. The SMILES string of the molecule is CC(=O)SCCNC(=O)CNCCc1ccccc1. The zero-order valence-corrected chi connectivity index (χ0v) is 12.0. The minimum Gasteiger partial charge on any atom is -0.354 e. The van der Waals surface area contributed by atoms with Gasteiger partial charge in [0.05, 0.1) is 6.54 Å². The average Bonchev–Trinajstić information content (AvgIpc) is 2.41. The third-order valence-electron chi connectivity index (χ3n) is 2.45. The highest BCUT2D eigenvalue weighted by Crippen LogP contribution is 1.98. The van der Waals surface area contributed by atoms with Gasteiger partial charge >= 0.3 is 0 Å². The molecule has 1 amide bonds. The molecule has 104 valence electrons. The summed E-state index contributed by atoms with van der Waals surface area (Å²) in [6.45, 7) is 3.15. The average molecular weight is 280 g/mol. The van der Waals surface area contributed by atoms with Gasteiger partial charge in [-0.25, -0.2) is 0 Å². The summed E-state index contributed by atoms with van der Waals surface area (Å²) in [7, 11) is 0. The van der Waals surface area contributed by atoms with Crippen molar-refractivity contribution in [3.63, 3.8) is 0 Å². The van der Waals surface area contributed by atoms with Crippen LogP contribution in [0.15, 0.2) is 30.3 Å². The quantitative estimate of drug-likeness (QED) is 0.703. The molecule has 2 N–H and O–H groups in total. The molecule has 0 atom stereocenters. The maximum Gasteiger partial charge on any atom is 0.233 e. The van der Waals surface area contributed by atoms with Crippen LogP contribution in [0.3, 0.4) is 0 Å². The zero-order chi connectivity index (χ0) is 13.9. The number of rotatable bonds is 8. The van der Waals surface area contributed by atoms with Crippen molar-refractivity contribution in [2.45, 2.75) is 13.3 Å². The van der Waals surface area contributed by atoms with Gasteiger partial charge in [-0.3, -0.25) is 9.59 Å². The summed E-state index contributed by atoms with van der Waals surface area (Å²) in [6, 6.07) is 10.1. The second kappa shape index (κ2) is 9.58. The van der Waals surface area contributed by atoms with Crippen LogP contribution in [0.1, 0.15) is 12.5 Å². The highest BCUT2D eigenvalue weighted by Gasteiger charge is 2.00. The lowest BCUT2D eigenvalue weighted by molar-refractivity contribution is -0.120. The van der Waals surface area contributed by atoms with Gasteiger partial charge in [-0.05, 0) is 18.5 Å². The summed E-state index contributed by atoms with van der Waals surface area (Å²) in [4.78, 5) is 22.1. The maximum absolute atomic E-state index is 11.4. The third-order valence-corrected chi connectivity index (χ3v) is 3.26. The predicted molar refractivity (Wildman–Crippen MR) is 79.2 cm³/mol. The van der Waals surface area contributed by atoms with Crippen LogP contribution in [0.4, 0.5) is 0 Å². The van der Waals surface area contributed by atoms with E-state index in [0.29, 0.717) is 18.8 Å². The van der Waals surface area contributed by atoms with Crippen LogP contribution in [-0.2, 0) is 16.0 Å². The fourth-order valence-electron chi connectivity index (χ4n) is 1.53. The van der Waals surface area contributed by atoms with Gasteiger partial charge in [0.25, 0.3) is 0 Å². The van der Waals surface area contributed by atoms with Crippen molar-refractivity contribution >= 4 is 22.8 Å². The van der Waals surface area contributed by atoms with E-state index >= 15 is 0 Å². The first-order valence-electron chi connectivity index (χ1n) is 6.33. The molecular formula is C14H20N2O2S. The highest BCUT2D eigenvalue weighted by atomic mass is 32.2. The number of carbonyl (C=O) groups is 2. The third kappa shape index (κ3) is 8.40. The smallest absolute Gasteiger partial charge is 0.233 e. The zero-order valence-electron chi connectivity index (χ0n) is 11.1. The molecule has 0 spiro atoms. The molecular weight excluding hydrogens is 260 g/mol. The van der Waals surface area contributed by atoms with Gasteiger partial charge in [0.1, 0.15) is 0 Å². The lowest BCUT2D eigenvalue weighted by Crippen LogP contribution is -2.35. The molecule has 0 aliphatic carbocycles. The van der Waals surface area contributed by atoms with E-state index in [1.807, 2.05) is 18.2 Å². The summed E-state index contributed by atoms with van der Waals surface area (Å²) in [5.74, 6) is 0.600. The molecule has 0 aliphatic rings. The number of benzene rings is 1. The molecule has 19 heavy (non-hydrogen) atoms. The van der Waals surface area contributed by atoms with Gasteiger partial charge in [0.2, 0.25) is 5.91 Å². The fourth-order valence-corrected chi connectivity index (χ4v) is 2.02. The largest absolute Gasteiger partial charge is 0.354 e. The molecule has 4 nitrogen and oxygen atoms in total. The molecule has 0 unspecified atom stereocenters. The summed E-state index contributed by atoms with van der Waals surface area (Å²) < 4.78 is 0. The lowest BCUT2D eigenvalue weighted by Gasteiger charge is -2.06. The van der Waals surface area contributed by atoms with Crippen molar-refractivity contribution in [1.29, 1.82) is 0 Å². The van der Waals surface area contributed by atoms with Crippen molar-refractivity contribution in [2.75, 3.05) is 25.4 Å². The summed E-state index contributed by atoms with van der Waals surface area (Å²) in [6.07, 6.45) is 0.911. The normalized spacial score (nSPS) is 10.2. The van der Waals surface area contributed by atoms with Gasteiger partial charge in [-0.1, -0.05) is 42.1 Å². The number of thioether (sulfide) groups is 1. The van der Waals surface area contributed by atoms with E-state index in [1.54, 1.807) is 0 Å². The van der Waals surface area contributed by atoms with Gasteiger partial charge in [0, 0.05) is 19.2 Å². The molecule has 0 bridgehead atoms. The molecule has 0 heterocycles. The molecule has 0 fully saturated rings. The number of amides is 1. The molecule has 0 aromatic heterocycles. The Labute approximate surface area is 118 Å². The topological polar surface area (TPSA) is 58.2 Å². The van der Waals surface area contributed by atoms with Crippen molar-refractivity contribution in [1.82, 2.24) is 10.6 Å². The van der Waals surface area contributed by atoms with E-state index in [0.717, 1.165) is 13.0 Å². The van der Waals surface area contributed by atoms with Crippen molar-refractivity contribution in [3.8, 4) is 0 Å². The molecule has 0 radical (unpaired) electrons. The standard InChI is InChI=1S/C14H20N2O2S/c1-12(17)19-10-9-16-14(18)11-15-8-7-13-5-3-2-4-6-13/h2-6,15H,7-11H2,1H3,(H,16,18). The minimum atomic E-state index is -0.0304. The van der Waals surface area contributed by atoms with E-state index in [2.05, 4.69) is 22.8 Å². The second-order valence-corrected chi connectivity index (χ2v) is 5.37. The Kier molecular flexibility index (Phi) is 7.93. The Morgan fingerprint density at radius 3 is 2.58 bits per heavy atom. The second-order valence-electron chi connectivity index (χ2n) is 4.10. The molecule has 1 aromatic rings. The molecule has 5 heteroatoms. The summed E-state index contributed by atoms with van der Waals surface area (Å²) in [5.41, 5.74) is 1.26. The van der Waals surface area contributed by atoms with E-state index < -0.39 is 0 Å². The number of hydrogen-bond donors (Lipinski definition) is 2. The van der Waals surface area contributed by atoms with Crippen molar-refractivity contribution < 1.29 is 9.59 Å². The molecule has 0 saturated carbocycles. The Morgan fingerprint density at radius 2 is 1.89 bits per heavy atom. The lowest BCUT2D eigenvalue weighted by atomic mass is 10.1. The van der Waals surface area contributed by atoms with Crippen LogP contribution in [0.5, 0.6) is 0 Å². The van der Waals surface area contributed by atoms with Gasteiger partial charge in [-0.2, -0.15) is 0 Å². The maximum atomic E-state index is 11.4. The van der Waals surface area contributed by atoms with Crippen LogP contribution in [0, 0.1) is 0 Å². The molecule has 0 aliphatic heterocycles. The summed E-state index contributed by atoms with van der Waals surface area (Å²) >= 11 is 1.22. The Hall–Kier alpha value is -1.33. The first-order chi connectivity index (χ1) is 9.18. The van der Waals surface area contributed by atoms with E-state index in [9.17, 15) is 9.59 Å². The van der Waals surface area contributed by atoms with Crippen LogP contribution >= 0.6 is 11.8 Å². The van der Waals surface area contributed by atoms with Gasteiger partial charge in [-0.15, -0.1) is 0 Å². The first kappa shape index (κ1) is 15.7. The van der Waals surface area contributed by atoms with Crippen LogP contribution < -0.4 is 10.6 Å². The molecule has 1 aromatic carbocycles. The van der Waals surface area contributed by atoms with E-state index in [-0.39, 0.29) is 11.0 Å². The Balaban J connectivity index is 2.00. The number of carbonyl (C=O) groups excluding carboxylic acids is 2. The van der Waals surface area contributed by atoms with Crippen LogP contribution in [0.2, 0.25) is 0 Å². The van der Waals surface area contributed by atoms with Gasteiger partial charge in [0.15, 0.2) is 5.12 Å². The molecule has 1 rings (SSSR count). The summed E-state index contributed by atoms with van der Waals surface area (Å²) in [5, 5.41) is 5.94. The van der Waals surface area contributed by atoms with Crippen molar-refractivity contribution in [2.24, 2.45) is 0 Å². The van der Waals surface area contributed by atoms with E-state index in [4.69, 9.17) is 0 Å². The minimum absolute atomic E-state index is 0.0304. The predicted octanol–water partition coefficient (Wildman–Crippen LogP) is 1.21. The Morgan fingerprint density at radius 1 is 1.16 bits per heavy atom. The first-order valence-corrected chi connectivity index (χ1v) is 7.32. The monoisotopic (exact) mass is 280 g/mol. The Bertz CT molecular complexity index is 396. The number of nitrogens with one attached hydrogen (secondary N) is 2. The van der Waals surface area contributed by atoms with E-state index in [1.165, 1.54) is 24.2 Å². The highest BCUT2D eigenvalue weighted by molar-refractivity contribution is 8.13. The fraction of sp³-hybridized carbons (Fsp3) is 0.429. The van der Waals surface area contributed by atoms with Gasteiger partial charge < -0.3 is 10.6 Å². The van der Waals surface area contributed by atoms with Crippen LogP contribution in [0.25, 0.3) is 0 Å². The van der Waals surface area contributed by atoms with Crippen molar-refractivity contribution in [3.05, 3.63) is 35.9 Å². The molecule has 0 saturated heterocycles. The van der Waals surface area contributed by atoms with Crippen LogP contribution in [-0.4, -0.2) is 36.4 Å².